The maximum absolute atomic E-state index is 12.0. The smallest absolute Gasteiger partial charge is 0.407 e. The van der Waals surface area contributed by atoms with E-state index >= 15 is 0 Å². The number of aliphatic hydroxyl groups excluding tert-OH is 2. The van der Waals surface area contributed by atoms with Crippen molar-refractivity contribution in [3.8, 4) is 11.5 Å². The van der Waals surface area contributed by atoms with Crippen molar-refractivity contribution in [3.05, 3.63) is 47.0 Å². The van der Waals surface area contributed by atoms with Gasteiger partial charge in [-0.05, 0) is 55.4 Å². The molecule has 2 rings (SSSR count). The Morgan fingerprint density at radius 2 is 0.883 bits per heavy atom. The number of hydrogen-bond acceptors (Lipinski definition) is 18. The van der Waals surface area contributed by atoms with Crippen LogP contribution in [0.4, 0.5) is 9.59 Å². The van der Waals surface area contributed by atoms with Crippen LogP contribution < -0.4 is 20.1 Å². The van der Waals surface area contributed by atoms with Gasteiger partial charge in [0.2, 0.25) is 0 Å². The maximum atomic E-state index is 12.0. The lowest BCUT2D eigenvalue weighted by molar-refractivity contribution is 0.0325. The van der Waals surface area contributed by atoms with Crippen LogP contribution in [0, 0.1) is 0 Å². The quantitative estimate of drug-likeness (QED) is 0.0601. The zero-order valence-corrected chi connectivity index (χ0v) is 36.1. The molecule has 4 N–H and O–H groups in total. The van der Waals surface area contributed by atoms with Crippen molar-refractivity contribution in [1.82, 2.24) is 20.6 Å². The highest BCUT2D eigenvalue weighted by Gasteiger charge is 2.18. The second-order valence-electron chi connectivity index (χ2n) is 14.1. The topological polar surface area (TPSA) is 251 Å². The third kappa shape index (κ3) is 27.0. The number of alkyl carbamates (subject to hydrolysis) is 2. The average molecular weight is 857 g/mol. The van der Waals surface area contributed by atoms with Gasteiger partial charge in [-0.2, -0.15) is 0 Å². The number of hydrogen-bond donors (Lipinski definition) is 4. The number of amides is 2. The van der Waals surface area contributed by atoms with Crippen LogP contribution >= 0.6 is 0 Å². The van der Waals surface area contributed by atoms with Gasteiger partial charge in [-0.25, -0.2) is 24.2 Å². The number of rotatable bonds is 26. The minimum Gasteiger partial charge on any atom is -0.491 e. The summed E-state index contributed by atoms with van der Waals surface area (Å²) in [5.74, 6) is -0.540. The summed E-state index contributed by atoms with van der Waals surface area (Å²) < 4.78 is 52.7. The largest absolute Gasteiger partial charge is 0.491 e. The highest BCUT2D eigenvalue weighted by atomic mass is 16.6. The number of aliphatic hydroxyl groups is 2. The Kier molecular flexibility index (Phi) is 26.8. The van der Waals surface area contributed by atoms with Gasteiger partial charge < -0.3 is 68.2 Å². The molecule has 0 aliphatic carbocycles. The van der Waals surface area contributed by atoms with Crippen LogP contribution in [0.3, 0.4) is 0 Å². The summed E-state index contributed by atoms with van der Waals surface area (Å²) in [5, 5.41) is 23.4. The van der Waals surface area contributed by atoms with Crippen molar-refractivity contribution in [2.24, 2.45) is 0 Å². The molecule has 2 aromatic rings. The lowest BCUT2D eigenvalue weighted by Crippen LogP contribution is -2.34. The lowest BCUT2D eigenvalue weighted by Gasteiger charge is -2.19. The summed E-state index contributed by atoms with van der Waals surface area (Å²) in [4.78, 5) is 54.9. The van der Waals surface area contributed by atoms with Gasteiger partial charge in [0, 0.05) is 37.4 Å². The molecule has 0 aliphatic rings. The van der Waals surface area contributed by atoms with Gasteiger partial charge in [0.15, 0.2) is 11.4 Å². The number of esters is 2. The molecule has 0 saturated carbocycles. The molecule has 0 atom stereocenters. The molecule has 60 heavy (non-hydrogen) atoms. The number of carbonyl (C=O) groups is 4. The first-order valence-electron chi connectivity index (χ1n) is 19.6. The Hall–Kier alpha value is -4.86. The van der Waals surface area contributed by atoms with E-state index in [-0.39, 0.29) is 56.8 Å². The number of aromatic nitrogens is 2. The third-order valence-electron chi connectivity index (χ3n) is 6.56. The summed E-state index contributed by atoms with van der Waals surface area (Å²) in [7, 11) is 0. The predicted octanol–water partition coefficient (Wildman–Crippen LogP) is 3.37. The Balaban J connectivity index is 0.000000612. The third-order valence-corrected chi connectivity index (χ3v) is 6.56. The first-order valence-corrected chi connectivity index (χ1v) is 19.6. The molecule has 0 aromatic carbocycles. The molecular formula is C40H64N4O16. The second kappa shape index (κ2) is 30.2. The fourth-order valence-electron chi connectivity index (χ4n) is 4.23. The van der Waals surface area contributed by atoms with Crippen molar-refractivity contribution in [1.29, 1.82) is 0 Å². The highest BCUT2D eigenvalue weighted by Crippen LogP contribution is 2.17. The number of nitrogens with zero attached hydrogens (tertiary/aromatic N) is 2. The Morgan fingerprint density at radius 1 is 0.533 bits per heavy atom. The van der Waals surface area contributed by atoms with Crippen molar-refractivity contribution in [2.45, 2.75) is 79.8 Å². The molecule has 0 saturated heterocycles. The lowest BCUT2D eigenvalue weighted by atomic mass is 10.2. The Bertz CT molecular complexity index is 1490. The molecule has 2 heterocycles. The summed E-state index contributed by atoms with van der Waals surface area (Å²) in [6, 6.07) is 6.00. The molecule has 340 valence electrons. The normalized spacial score (nSPS) is 11.1. The fraction of sp³-hybridized carbons (Fsp3) is 0.650. The van der Waals surface area contributed by atoms with Gasteiger partial charge in [-0.15, -0.1) is 0 Å². The van der Waals surface area contributed by atoms with E-state index in [9.17, 15) is 19.2 Å². The van der Waals surface area contributed by atoms with E-state index in [0.717, 1.165) is 0 Å². The first-order chi connectivity index (χ1) is 28.5. The van der Waals surface area contributed by atoms with Gasteiger partial charge in [-0.3, -0.25) is 4.98 Å². The van der Waals surface area contributed by atoms with E-state index in [1.54, 1.807) is 67.5 Å². The highest BCUT2D eigenvalue weighted by molar-refractivity contribution is 5.92. The zero-order chi connectivity index (χ0) is 44.8. The molecule has 0 spiro atoms. The van der Waals surface area contributed by atoms with Crippen LogP contribution in [0.2, 0.25) is 0 Å². The van der Waals surface area contributed by atoms with E-state index in [0.29, 0.717) is 83.1 Å². The van der Waals surface area contributed by atoms with Crippen LogP contribution in [0.5, 0.6) is 11.5 Å². The molecule has 0 fully saturated rings. The minimum absolute atomic E-state index is 0.0493. The van der Waals surface area contributed by atoms with E-state index in [2.05, 4.69) is 20.6 Å². The average Bonchev–Trinajstić information content (AvgIpc) is 3.18. The standard InChI is InChI=1S/C22H34N2O9.C18H30N2O7/c1-6-30-19(25)17-14-16(15-18(24-17)20(26)31-7-2)32-13-12-29-11-10-28-9-8-23-21(27)33-22(3,4)5;1-18(2,3)27-17(23)19-4-5-24-6-7-25-8-9-26-16-10-14(12-21)20-15(11-16)13-22/h14-15H,6-13H2,1-5H3,(H,23,27);10-11,21-22H,4-9,12-13H2,1-3H3,(H,19,23). The summed E-state index contributed by atoms with van der Waals surface area (Å²) in [6.45, 7) is 18.0. The predicted molar refractivity (Wildman–Crippen MR) is 215 cm³/mol. The van der Waals surface area contributed by atoms with Crippen LogP contribution in [0.25, 0.3) is 0 Å². The summed E-state index contributed by atoms with van der Waals surface area (Å²) >= 11 is 0. The summed E-state index contributed by atoms with van der Waals surface area (Å²) in [5.41, 5.74) is -0.288. The van der Waals surface area contributed by atoms with Crippen molar-refractivity contribution >= 4 is 24.1 Å². The molecule has 0 bridgehead atoms. The molecule has 2 aromatic heterocycles. The van der Waals surface area contributed by atoms with Crippen molar-refractivity contribution in [3.63, 3.8) is 0 Å². The van der Waals surface area contributed by atoms with Crippen LogP contribution in [0.15, 0.2) is 24.3 Å². The van der Waals surface area contributed by atoms with Gasteiger partial charge in [0.05, 0.1) is 90.7 Å². The molecule has 0 radical (unpaired) electrons. The van der Waals surface area contributed by atoms with Gasteiger partial charge in [-0.1, -0.05) is 0 Å². The van der Waals surface area contributed by atoms with Crippen molar-refractivity contribution < 1.29 is 76.8 Å². The number of carbonyl (C=O) groups excluding carboxylic acids is 4. The van der Waals surface area contributed by atoms with E-state index in [1.807, 2.05) is 0 Å². The summed E-state index contributed by atoms with van der Waals surface area (Å²) in [6.07, 6.45) is -0.961. The van der Waals surface area contributed by atoms with E-state index in [4.69, 9.17) is 57.6 Å². The van der Waals surface area contributed by atoms with Crippen LogP contribution in [-0.2, 0) is 51.1 Å². The van der Waals surface area contributed by atoms with E-state index in [1.165, 1.54) is 12.1 Å². The SMILES string of the molecule is CC(C)(C)OC(=O)NCCOCCOCCOc1cc(CO)nc(CO)c1.CCOC(=O)c1cc(OCCOCCOCCNC(=O)OC(C)(C)C)cc(C(=O)OCC)n1. The van der Waals surface area contributed by atoms with Gasteiger partial charge in [0.1, 0.15) is 35.9 Å². The number of nitrogens with one attached hydrogen (secondary N) is 2. The van der Waals surface area contributed by atoms with Gasteiger partial charge >= 0.3 is 24.1 Å². The molecule has 2 amide bonds. The maximum Gasteiger partial charge on any atom is 0.407 e. The number of ether oxygens (including phenoxy) is 10. The van der Waals surface area contributed by atoms with Crippen molar-refractivity contribution in [2.75, 3.05) is 92.4 Å². The molecule has 0 aliphatic heterocycles. The Morgan fingerprint density at radius 3 is 1.23 bits per heavy atom. The zero-order valence-electron chi connectivity index (χ0n) is 36.1. The van der Waals surface area contributed by atoms with E-state index < -0.39 is 35.3 Å². The second-order valence-corrected chi connectivity index (χ2v) is 14.1. The Labute approximate surface area is 351 Å². The molecule has 0 unspecified atom stereocenters. The number of pyridine rings is 2. The van der Waals surface area contributed by atoms with Crippen LogP contribution in [-0.4, -0.2) is 148 Å². The van der Waals surface area contributed by atoms with Gasteiger partial charge in [0.25, 0.3) is 0 Å². The molecular weight excluding hydrogens is 792 g/mol. The molecule has 20 heteroatoms. The fourth-order valence-corrected chi connectivity index (χ4v) is 4.23. The minimum atomic E-state index is -0.664. The molecule has 20 nitrogen and oxygen atoms in total. The monoisotopic (exact) mass is 856 g/mol. The van der Waals surface area contributed by atoms with Crippen LogP contribution in [0.1, 0.15) is 87.8 Å². The first kappa shape index (κ1) is 53.2.